The number of halogens is 1. The summed E-state index contributed by atoms with van der Waals surface area (Å²) in [6.45, 7) is 2.70. The molecular weight excluding hydrogens is 370 g/mol. The van der Waals surface area contributed by atoms with Crippen LogP contribution in [0, 0.1) is 0 Å². The van der Waals surface area contributed by atoms with Crippen LogP contribution in [0.4, 0.5) is 0 Å². The van der Waals surface area contributed by atoms with Gasteiger partial charge in [-0.05, 0) is 43.9 Å². The number of rotatable bonds is 5. The Bertz CT molecular complexity index is 1010. The van der Waals surface area contributed by atoms with Crippen molar-refractivity contribution in [2.75, 3.05) is 0 Å². The standard InChI is InChI=1S/C19H20ClN3O2S/c1-2-9-23-18(24)14-8-7-12(20)10-15(14)21-19(23)26-11-16-13-5-3-4-6-17(13)25-22-16/h7-8,10H,2-6,9,11H2,1H3. The third kappa shape index (κ3) is 3.28. The Labute approximate surface area is 160 Å². The van der Waals surface area contributed by atoms with Crippen molar-refractivity contribution in [1.82, 2.24) is 14.7 Å². The molecule has 3 aromatic rings. The first-order chi connectivity index (χ1) is 12.7. The Hall–Kier alpha value is -1.79. The highest BCUT2D eigenvalue weighted by molar-refractivity contribution is 7.98. The molecule has 0 aliphatic heterocycles. The van der Waals surface area contributed by atoms with Gasteiger partial charge < -0.3 is 4.52 Å². The van der Waals surface area contributed by atoms with Crippen LogP contribution in [0.1, 0.15) is 43.2 Å². The van der Waals surface area contributed by atoms with E-state index in [0.717, 1.165) is 37.1 Å². The van der Waals surface area contributed by atoms with E-state index in [1.54, 1.807) is 22.8 Å². The first kappa shape index (κ1) is 17.6. The van der Waals surface area contributed by atoms with Gasteiger partial charge in [0.1, 0.15) is 5.76 Å². The predicted octanol–water partition coefficient (Wildman–Crippen LogP) is 4.62. The number of nitrogens with zero attached hydrogens (tertiary/aromatic N) is 3. The molecule has 2 aromatic heterocycles. The highest BCUT2D eigenvalue weighted by atomic mass is 35.5. The van der Waals surface area contributed by atoms with Crippen LogP contribution in [-0.4, -0.2) is 14.7 Å². The molecule has 0 bridgehead atoms. The van der Waals surface area contributed by atoms with Crippen molar-refractivity contribution in [2.45, 2.75) is 56.5 Å². The SMILES string of the molecule is CCCn1c(SCc2noc3c2CCCC3)nc2cc(Cl)ccc2c1=O. The van der Waals surface area contributed by atoms with Crippen LogP contribution in [-0.2, 0) is 25.1 Å². The van der Waals surface area contributed by atoms with Crippen LogP contribution in [0.15, 0.2) is 32.7 Å². The lowest BCUT2D eigenvalue weighted by Crippen LogP contribution is -2.23. The third-order valence-corrected chi connectivity index (χ3v) is 5.92. The molecule has 1 aromatic carbocycles. The van der Waals surface area contributed by atoms with Crippen LogP contribution in [0.25, 0.3) is 10.9 Å². The smallest absolute Gasteiger partial charge is 0.262 e. The van der Waals surface area contributed by atoms with Gasteiger partial charge >= 0.3 is 0 Å². The van der Waals surface area contributed by atoms with Crippen LogP contribution in [0.3, 0.4) is 0 Å². The lowest BCUT2D eigenvalue weighted by Gasteiger charge is -2.13. The maximum absolute atomic E-state index is 12.9. The summed E-state index contributed by atoms with van der Waals surface area (Å²) in [7, 11) is 0. The summed E-state index contributed by atoms with van der Waals surface area (Å²) in [4.78, 5) is 17.6. The summed E-state index contributed by atoms with van der Waals surface area (Å²) in [6, 6.07) is 5.23. The molecule has 0 amide bonds. The number of hydrogen-bond donors (Lipinski definition) is 0. The number of aryl methyl sites for hydroxylation is 1. The Morgan fingerprint density at radius 1 is 1.31 bits per heavy atom. The largest absolute Gasteiger partial charge is 0.361 e. The second-order valence-electron chi connectivity index (χ2n) is 6.54. The molecule has 1 aliphatic carbocycles. The van der Waals surface area contributed by atoms with Gasteiger partial charge in [-0.25, -0.2) is 4.98 Å². The fraction of sp³-hybridized carbons (Fsp3) is 0.421. The number of benzene rings is 1. The minimum absolute atomic E-state index is 0.0156. The van der Waals surface area contributed by atoms with Gasteiger partial charge in [-0.15, -0.1) is 0 Å². The van der Waals surface area contributed by atoms with Gasteiger partial charge in [0, 0.05) is 29.3 Å². The molecule has 7 heteroatoms. The zero-order valence-corrected chi connectivity index (χ0v) is 16.2. The Morgan fingerprint density at radius 3 is 3.00 bits per heavy atom. The second-order valence-corrected chi connectivity index (χ2v) is 7.92. The van der Waals surface area contributed by atoms with Gasteiger partial charge in [0.15, 0.2) is 5.16 Å². The van der Waals surface area contributed by atoms with Gasteiger partial charge in [0.05, 0.1) is 16.6 Å². The molecule has 0 saturated heterocycles. The summed E-state index contributed by atoms with van der Waals surface area (Å²) >= 11 is 7.62. The molecule has 0 spiro atoms. The average molecular weight is 390 g/mol. The Kier molecular flexibility index (Phi) is 5.05. The molecule has 0 N–H and O–H groups in total. The van der Waals surface area contributed by atoms with Gasteiger partial charge in [-0.1, -0.05) is 35.4 Å². The zero-order chi connectivity index (χ0) is 18.1. The molecule has 0 fully saturated rings. The van der Waals surface area contributed by atoms with Gasteiger partial charge in [-0.3, -0.25) is 9.36 Å². The van der Waals surface area contributed by atoms with Gasteiger partial charge in [-0.2, -0.15) is 0 Å². The van der Waals surface area contributed by atoms with Crippen molar-refractivity contribution in [3.8, 4) is 0 Å². The number of hydrogen-bond acceptors (Lipinski definition) is 5. The minimum atomic E-state index is -0.0156. The zero-order valence-electron chi connectivity index (χ0n) is 14.6. The van der Waals surface area contributed by atoms with E-state index in [4.69, 9.17) is 21.1 Å². The topological polar surface area (TPSA) is 60.9 Å². The van der Waals surface area contributed by atoms with Crippen LogP contribution < -0.4 is 5.56 Å². The van der Waals surface area contributed by atoms with E-state index in [-0.39, 0.29) is 5.56 Å². The van der Waals surface area contributed by atoms with Crippen molar-refractivity contribution in [2.24, 2.45) is 0 Å². The minimum Gasteiger partial charge on any atom is -0.361 e. The lowest BCUT2D eigenvalue weighted by atomic mass is 9.97. The maximum Gasteiger partial charge on any atom is 0.262 e. The second kappa shape index (κ2) is 7.45. The van der Waals surface area contributed by atoms with Crippen molar-refractivity contribution < 1.29 is 4.52 Å². The third-order valence-electron chi connectivity index (χ3n) is 4.70. The predicted molar refractivity (Wildman–Crippen MR) is 104 cm³/mol. The van der Waals surface area contributed by atoms with E-state index in [1.165, 1.54) is 23.7 Å². The van der Waals surface area contributed by atoms with E-state index in [1.807, 2.05) is 0 Å². The highest BCUT2D eigenvalue weighted by Gasteiger charge is 2.20. The fourth-order valence-electron chi connectivity index (χ4n) is 3.40. The quantitative estimate of drug-likeness (QED) is 0.470. The van der Waals surface area contributed by atoms with Crippen LogP contribution in [0.2, 0.25) is 5.02 Å². The van der Waals surface area contributed by atoms with Crippen molar-refractivity contribution in [1.29, 1.82) is 0 Å². The number of aromatic nitrogens is 3. The summed E-state index contributed by atoms with van der Waals surface area (Å²) in [5.74, 6) is 1.68. The normalized spacial score (nSPS) is 13.9. The van der Waals surface area contributed by atoms with E-state index >= 15 is 0 Å². The summed E-state index contributed by atoms with van der Waals surface area (Å²) < 4.78 is 7.25. The van der Waals surface area contributed by atoms with E-state index in [9.17, 15) is 4.79 Å². The molecule has 26 heavy (non-hydrogen) atoms. The number of thioether (sulfide) groups is 1. The molecule has 4 rings (SSSR count). The molecule has 0 unspecified atom stereocenters. The van der Waals surface area contributed by atoms with Crippen molar-refractivity contribution in [3.63, 3.8) is 0 Å². The monoisotopic (exact) mass is 389 g/mol. The van der Waals surface area contributed by atoms with Crippen LogP contribution in [0.5, 0.6) is 0 Å². The molecule has 0 atom stereocenters. The van der Waals surface area contributed by atoms with Gasteiger partial charge in [0.25, 0.3) is 5.56 Å². The first-order valence-electron chi connectivity index (χ1n) is 8.96. The summed E-state index contributed by atoms with van der Waals surface area (Å²) in [5, 5.41) is 6.15. The summed E-state index contributed by atoms with van der Waals surface area (Å²) in [6.07, 6.45) is 5.21. The Morgan fingerprint density at radius 2 is 2.15 bits per heavy atom. The molecule has 2 heterocycles. The van der Waals surface area contributed by atoms with Gasteiger partial charge in [0.2, 0.25) is 0 Å². The van der Waals surface area contributed by atoms with Crippen LogP contribution >= 0.6 is 23.4 Å². The molecule has 0 radical (unpaired) electrons. The lowest BCUT2D eigenvalue weighted by molar-refractivity contribution is 0.369. The average Bonchev–Trinajstić information content (AvgIpc) is 3.06. The fourth-order valence-corrected chi connectivity index (χ4v) is 4.55. The highest BCUT2D eigenvalue weighted by Crippen LogP contribution is 2.29. The van der Waals surface area contributed by atoms with E-state index < -0.39 is 0 Å². The van der Waals surface area contributed by atoms with E-state index in [0.29, 0.717) is 33.4 Å². The molecule has 0 saturated carbocycles. The summed E-state index contributed by atoms with van der Waals surface area (Å²) in [5.41, 5.74) is 2.85. The van der Waals surface area contributed by atoms with E-state index in [2.05, 4.69) is 12.1 Å². The van der Waals surface area contributed by atoms with Crippen molar-refractivity contribution >= 4 is 34.3 Å². The maximum atomic E-state index is 12.9. The molecule has 136 valence electrons. The van der Waals surface area contributed by atoms with Crippen molar-refractivity contribution in [3.05, 3.63) is 50.6 Å². The Balaban J connectivity index is 1.69. The molecule has 5 nitrogen and oxygen atoms in total. The molecular formula is C19H20ClN3O2S. The number of fused-ring (bicyclic) bond motifs is 2. The first-order valence-corrected chi connectivity index (χ1v) is 10.3. The molecule has 1 aliphatic rings.